The summed E-state index contributed by atoms with van der Waals surface area (Å²) in [4.78, 5) is 55.1. The van der Waals surface area contributed by atoms with Gasteiger partial charge >= 0.3 is 6.03 Å². The number of aryl methyl sites for hydroxylation is 1. The number of non-ortho nitro benzene ring substituents is 1. The Morgan fingerprint density at radius 3 is 2.49 bits per heavy atom. The highest BCUT2D eigenvalue weighted by molar-refractivity contribution is 6.31. The first-order valence-corrected chi connectivity index (χ1v) is 12.1. The number of anilines is 2. The zero-order chi connectivity index (χ0) is 25.3. The smallest absolute Gasteiger partial charge is 0.335 e. The Bertz CT molecular complexity index is 1200. The van der Waals surface area contributed by atoms with Gasteiger partial charge in [-0.15, -0.1) is 0 Å². The lowest BCUT2D eigenvalue weighted by Crippen LogP contribution is -2.72. The van der Waals surface area contributed by atoms with E-state index in [-0.39, 0.29) is 12.1 Å². The Morgan fingerprint density at radius 2 is 1.83 bits per heavy atom. The lowest BCUT2D eigenvalue weighted by atomic mass is 9.67. The first-order valence-electron chi connectivity index (χ1n) is 12.1. The van der Waals surface area contributed by atoms with Gasteiger partial charge in [-0.05, 0) is 43.0 Å². The van der Waals surface area contributed by atoms with Crippen molar-refractivity contribution < 1.29 is 19.3 Å². The topological polar surface area (TPSA) is 113 Å². The highest BCUT2D eigenvalue weighted by atomic mass is 16.6. The average molecular weight is 479 g/mol. The van der Waals surface area contributed by atoms with Crippen LogP contribution in [0.2, 0.25) is 0 Å². The van der Waals surface area contributed by atoms with Gasteiger partial charge in [0.25, 0.3) is 11.6 Å². The molecule has 9 nitrogen and oxygen atoms in total. The number of amides is 4. The number of para-hydroxylation sites is 1. The predicted octanol–water partition coefficient (Wildman–Crippen LogP) is 4.50. The fraction of sp³-hybridized carbons (Fsp3) is 0.423. The molecule has 1 N–H and O–H groups in total. The van der Waals surface area contributed by atoms with Crippen LogP contribution in [-0.4, -0.2) is 35.4 Å². The third kappa shape index (κ3) is 3.94. The van der Waals surface area contributed by atoms with Crippen molar-refractivity contribution >= 4 is 34.9 Å². The van der Waals surface area contributed by atoms with E-state index in [4.69, 9.17) is 0 Å². The van der Waals surface area contributed by atoms with Crippen LogP contribution in [0.4, 0.5) is 21.9 Å². The molecule has 0 aromatic heterocycles. The molecule has 1 saturated heterocycles. The number of carbonyl (C=O) groups is 3. The number of rotatable bonds is 7. The van der Waals surface area contributed by atoms with Crippen molar-refractivity contribution in [2.75, 3.05) is 16.3 Å². The summed E-state index contributed by atoms with van der Waals surface area (Å²) in [5, 5.41) is 14.0. The number of nitrogens with zero attached hydrogens (tertiary/aromatic N) is 3. The summed E-state index contributed by atoms with van der Waals surface area (Å²) in [7, 11) is 0. The van der Waals surface area contributed by atoms with E-state index in [9.17, 15) is 24.5 Å². The second-order valence-corrected chi connectivity index (χ2v) is 9.26. The molecular formula is C26H30N4O5. The second kappa shape index (κ2) is 9.48. The summed E-state index contributed by atoms with van der Waals surface area (Å²) in [5.41, 5.74) is 0.809. The van der Waals surface area contributed by atoms with E-state index in [0.29, 0.717) is 24.2 Å². The van der Waals surface area contributed by atoms with Crippen LogP contribution in [0.1, 0.15) is 50.7 Å². The van der Waals surface area contributed by atoms with Crippen molar-refractivity contribution in [3.05, 3.63) is 63.7 Å². The number of hydrogen-bond donors (Lipinski definition) is 1. The SMILES string of the molecule is CCCCN1c2ccc([N+](=O)[O-])cc2C[C@]2(C(=O)NC(=O)N(c3ccccc3C)C2=O)[C@H]1CCC. The summed E-state index contributed by atoms with van der Waals surface area (Å²) in [6, 6.07) is 10.4. The van der Waals surface area contributed by atoms with E-state index in [1.165, 1.54) is 12.1 Å². The Hall–Kier alpha value is -3.75. The summed E-state index contributed by atoms with van der Waals surface area (Å²) in [5.74, 6) is -1.23. The molecular weight excluding hydrogens is 448 g/mol. The molecule has 0 unspecified atom stereocenters. The number of fused-ring (bicyclic) bond motifs is 1. The minimum atomic E-state index is -1.60. The third-order valence-electron chi connectivity index (χ3n) is 7.08. The lowest BCUT2D eigenvalue weighted by Gasteiger charge is -2.52. The van der Waals surface area contributed by atoms with Gasteiger partial charge in [-0.2, -0.15) is 0 Å². The van der Waals surface area contributed by atoms with Crippen molar-refractivity contribution in [1.82, 2.24) is 5.32 Å². The van der Waals surface area contributed by atoms with Gasteiger partial charge in [-0.25, -0.2) is 9.69 Å². The molecule has 35 heavy (non-hydrogen) atoms. The van der Waals surface area contributed by atoms with Gasteiger partial charge in [0.1, 0.15) is 0 Å². The van der Waals surface area contributed by atoms with Crippen molar-refractivity contribution in [2.24, 2.45) is 5.41 Å². The zero-order valence-electron chi connectivity index (χ0n) is 20.2. The molecule has 4 rings (SSSR count). The molecule has 0 bridgehead atoms. The number of nitro groups is 1. The molecule has 2 aliphatic heterocycles. The normalized spacial score (nSPS) is 21.8. The maximum Gasteiger partial charge on any atom is 0.335 e. The summed E-state index contributed by atoms with van der Waals surface area (Å²) < 4.78 is 0. The number of imide groups is 2. The van der Waals surface area contributed by atoms with E-state index < -0.39 is 34.2 Å². The van der Waals surface area contributed by atoms with Crippen LogP contribution < -0.4 is 15.1 Å². The number of unbranched alkanes of at least 4 members (excludes halogenated alkanes) is 1. The summed E-state index contributed by atoms with van der Waals surface area (Å²) in [6.45, 7) is 6.44. The monoisotopic (exact) mass is 478 g/mol. The molecule has 184 valence electrons. The number of benzene rings is 2. The molecule has 9 heteroatoms. The first-order chi connectivity index (χ1) is 16.8. The standard InChI is InChI=1S/C26H30N4O5/c1-4-6-14-28-21-13-12-19(30(34)35)15-18(21)16-26(22(28)9-5-2)23(31)27-25(33)29(24(26)32)20-11-8-7-10-17(20)3/h7-8,10-13,15,22H,4-6,9,14,16H2,1-3H3,(H,27,31,33)/t22-,26-/m1/s1. The highest BCUT2D eigenvalue weighted by Gasteiger charge is 2.62. The van der Waals surface area contributed by atoms with E-state index in [0.717, 1.165) is 35.4 Å². The number of hydrogen-bond acceptors (Lipinski definition) is 6. The molecule has 2 atom stereocenters. The maximum atomic E-state index is 14.3. The number of urea groups is 1. The summed E-state index contributed by atoms with van der Waals surface area (Å²) in [6.07, 6.45) is 2.98. The van der Waals surface area contributed by atoms with E-state index >= 15 is 0 Å². The molecule has 4 amide bonds. The molecule has 0 aliphatic carbocycles. The van der Waals surface area contributed by atoms with Crippen molar-refractivity contribution in [1.29, 1.82) is 0 Å². The lowest BCUT2D eigenvalue weighted by molar-refractivity contribution is -0.384. The third-order valence-corrected chi connectivity index (χ3v) is 7.08. The molecule has 2 aliphatic rings. The van der Waals surface area contributed by atoms with Gasteiger partial charge in [0, 0.05) is 30.8 Å². The number of nitro benzene ring substituents is 1. The van der Waals surface area contributed by atoms with Crippen molar-refractivity contribution in [3.63, 3.8) is 0 Å². The molecule has 2 heterocycles. The van der Waals surface area contributed by atoms with Crippen LogP contribution in [0.5, 0.6) is 0 Å². The maximum absolute atomic E-state index is 14.3. The van der Waals surface area contributed by atoms with Gasteiger partial charge in [-0.3, -0.25) is 25.0 Å². The predicted molar refractivity (Wildman–Crippen MR) is 132 cm³/mol. The Labute approximate surface area is 204 Å². The highest BCUT2D eigenvalue weighted by Crippen LogP contribution is 2.47. The van der Waals surface area contributed by atoms with Gasteiger partial charge < -0.3 is 4.90 Å². The van der Waals surface area contributed by atoms with Crippen LogP contribution in [0.3, 0.4) is 0 Å². The largest absolute Gasteiger partial charge is 0.367 e. The van der Waals surface area contributed by atoms with Crippen LogP contribution in [0.25, 0.3) is 0 Å². The molecule has 0 radical (unpaired) electrons. The van der Waals surface area contributed by atoms with Gasteiger partial charge in [0.2, 0.25) is 5.91 Å². The Kier molecular flexibility index (Phi) is 6.60. The van der Waals surface area contributed by atoms with Gasteiger partial charge in [-0.1, -0.05) is 44.9 Å². The Morgan fingerprint density at radius 1 is 1.09 bits per heavy atom. The second-order valence-electron chi connectivity index (χ2n) is 9.26. The number of carbonyl (C=O) groups excluding carboxylic acids is 3. The molecule has 0 saturated carbocycles. The molecule has 1 fully saturated rings. The summed E-state index contributed by atoms with van der Waals surface area (Å²) >= 11 is 0. The van der Waals surface area contributed by atoms with E-state index in [1.807, 2.05) is 13.0 Å². The fourth-order valence-corrected chi connectivity index (χ4v) is 5.38. The minimum Gasteiger partial charge on any atom is -0.367 e. The molecule has 2 aromatic carbocycles. The quantitative estimate of drug-likeness (QED) is 0.356. The molecule has 1 spiro atoms. The van der Waals surface area contributed by atoms with Gasteiger partial charge in [0.15, 0.2) is 5.41 Å². The van der Waals surface area contributed by atoms with Crippen molar-refractivity contribution in [2.45, 2.75) is 58.9 Å². The fourth-order valence-electron chi connectivity index (χ4n) is 5.38. The Balaban J connectivity index is 1.93. The number of nitrogens with one attached hydrogen (secondary N) is 1. The zero-order valence-corrected chi connectivity index (χ0v) is 20.2. The van der Waals surface area contributed by atoms with E-state index in [1.54, 1.807) is 31.2 Å². The van der Waals surface area contributed by atoms with Gasteiger partial charge in [0.05, 0.1) is 16.7 Å². The first kappa shape index (κ1) is 24.4. The van der Waals surface area contributed by atoms with Crippen LogP contribution in [0.15, 0.2) is 42.5 Å². The number of barbiturate groups is 1. The van der Waals surface area contributed by atoms with Crippen LogP contribution >= 0.6 is 0 Å². The minimum absolute atomic E-state index is 0.0162. The van der Waals surface area contributed by atoms with Crippen LogP contribution in [0, 0.1) is 22.5 Å². The average Bonchev–Trinajstić information content (AvgIpc) is 2.83. The van der Waals surface area contributed by atoms with E-state index in [2.05, 4.69) is 17.1 Å². The molecule has 2 aromatic rings. The van der Waals surface area contributed by atoms with Crippen LogP contribution in [-0.2, 0) is 16.0 Å². The van der Waals surface area contributed by atoms with Crippen molar-refractivity contribution in [3.8, 4) is 0 Å².